The molecule has 0 fully saturated rings. The summed E-state index contributed by atoms with van der Waals surface area (Å²) >= 11 is 1.88. The zero-order chi connectivity index (χ0) is 16.8. The normalized spacial score (nSPS) is 13.8. The van der Waals surface area contributed by atoms with Gasteiger partial charge >= 0.3 is 6.03 Å². The van der Waals surface area contributed by atoms with Crippen LogP contribution in [0.1, 0.15) is 45.2 Å². The van der Waals surface area contributed by atoms with Crippen molar-refractivity contribution in [3.8, 4) is 0 Å². The maximum Gasteiger partial charge on any atom is 0.319 e. The van der Waals surface area contributed by atoms with E-state index in [2.05, 4.69) is 30.5 Å². The van der Waals surface area contributed by atoms with E-state index >= 15 is 0 Å². The number of thioether (sulfide) groups is 1. The Hall–Kier alpha value is -1.20. The van der Waals surface area contributed by atoms with E-state index in [0.29, 0.717) is 11.7 Å². The van der Waals surface area contributed by atoms with E-state index in [1.54, 1.807) is 0 Å². The highest BCUT2D eigenvalue weighted by atomic mass is 32.2. The first kappa shape index (κ1) is 18.8. The van der Waals surface area contributed by atoms with Crippen molar-refractivity contribution >= 4 is 23.5 Å². The fourth-order valence-corrected chi connectivity index (χ4v) is 2.72. The third kappa shape index (κ3) is 5.54. The molecule has 0 spiro atoms. The van der Waals surface area contributed by atoms with Crippen LogP contribution in [0.3, 0.4) is 0 Å². The van der Waals surface area contributed by atoms with Gasteiger partial charge in [-0.2, -0.15) is 11.8 Å². The minimum absolute atomic E-state index is 0.0824. The molecule has 0 aliphatic rings. The van der Waals surface area contributed by atoms with Crippen LogP contribution < -0.4 is 10.6 Å². The molecule has 1 rings (SSSR count). The van der Waals surface area contributed by atoms with E-state index in [1.165, 1.54) is 5.56 Å². The number of urea groups is 1. The van der Waals surface area contributed by atoms with Crippen LogP contribution in [0, 0.1) is 6.92 Å². The second-order valence-corrected chi connectivity index (χ2v) is 7.67. The Bertz CT molecular complexity index is 499. The summed E-state index contributed by atoms with van der Waals surface area (Å²) < 4.78 is 0. The van der Waals surface area contributed by atoms with Crippen molar-refractivity contribution in [3.63, 3.8) is 0 Å². The van der Waals surface area contributed by atoms with Gasteiger partial charge in [0.2, 0.25) is 0 Å². The summed E-state index contributed by atoms with van der Waals surface area (Å²) in [4.78, 5) is 12.1. The first-order valence-corrected chi connectivity index (χ1v) is 8.76. The standard InChI is InChI=1S/C17H28N2O2S/c1-6-17(5,11-20)19-16(21)18-15-9-7-8-14(13(15)4)10-22-12(2)3/h7-9,12,20H,6,10-11H2,1-5H3,(H2,18,19,21). The minimum atomic E-state index is -0.594. The molecule has 124 valence electrons. The molecule has 0 aliphatic heterocycles. The fourth-order valence-electron chi connectivity index (χ4n) is 1.90. The molecule has 0 saturated carbocycles. The van der Waals surface area contributed by atoms with Gasteiger partial charge in [0.25, 0.3) is 0 Å². The number of aliphatic hydroxyl groups is 1. The quantitative estimate of drug-likeness (QED) is 0.712. The molecule has 0 heterocycles. The molecule has 0 aliphatic carbocycles. The molecule has 1 atom stereocenters. The highest BCUT2D eigenvalue weighted by Gasteiger charge is 2.23. The lowest BCUT2D eigenvalue weighted by molar-refractivity contribution is 0.172. The Morgan fingerprint density at radius 1 is 1.41 bits per heavy atom. The lowest BCUT2D eigenvalue weighted by atomic mass is 10.0. The molecule has 0 saturated heterocycles. The number of carbonyl (C=O) groups excluding carboxylic acids is 1. The molecule has 22 heavy (non-hydrogen) atoms. The molecular weight excluding hydrogens is 296 g/mol. The number of nitrogens with one attached hydrogen (secondary N) is 2. The van der Waals surface area contributed by atoms with E-state index in [0.717, 1.165) is 17.0 Å². The summed E-state index contributed by atoms with van der Waals surface area (Å²) in [6.45, 7) is 10.1. The van der Waals surface area contributed by atoms with Crippen molar-refractivity contribution in [1.29, 1.82) is 0 Å². The van der Waals surface area contributed by atoms with Crippen LogP contribution >= 0.6 is 11.8 Å². The smallest absolute Gasteiger partial charge is 0.319 e. The van der Waals surface area contributed by atoms with E-state index in [9.17, 15) is 9.90 Å². The number of hydrogen-bond donors (Lipinski definition) is 3. The van der Waals surface area contributed by atoms with Crippen molar-refractivity contribution in [2.24, 2.45) is 0 Å². The van der Waals surface area contributed by atoms with Gasteiger partial charge in [-0.25, -0.2) is 4.79 Å². The van der Waals surface area contributed by atoms with Gasteiger partial charge in [0.15, 0.2) is 0 Å². The Kier molecular flexibility index (Phi) is 7.23. The van der Waals surface area contributed by atoms with Gasteiger partial charge in [0, 0.05) is 11.4 Å². The van der Waals surface area contributed by atoms with Crippen LogP contribution in [0.15, 0.2) is 18.2 Å². The Morgan fingerprint density at radius 2 is 2.09 bits per heavy atom. The van der Waals surface area contributed by atoms with Gasteiger partial charge in [-0.3, -0.25) is 0 Å². The zero-order valence-electron chi connectivity index (χ0n) is 14.2. The summed E-state index contributed by atoms with van der Waals surface area (Å²) in [5, 5.41) is 15.7. The van der Waals surface area contributed by atoms with Crippen LogP contribution in [-0.2, 0) is 5.75 Å². The second kappa shape index (κ2) is 8.44. The number of benzene rings is 1. The third-order valence-corrected chi connectivity index (χ3v) is 4.96. The lowest BCUT2D eigenvalue weighted by Gasteiger charge is -2.27. The van der Waals surface area contributed by atoms with Gasteiger partial charge in [0.05, 0.1) is 12.1 Å². The monoisotopic (exact) mass is 324 g/mol. The maximum atomic E-state index is 12.1. The number of amides is 2. The number of rotatable bonds is 7. The van der Waals surface area contributed by atoms with Gasteiger partial charge in [0.1, 0.15) is 0 Å². The molecule has 1 aromatic carbocycles. The number of anilines is 1. The molecule has 0 radical (unpaired) electrons. The summed E-state index contributed by atoms with van der Waals surface area (Å²) in [7, 11) is 0. The van der Waals surface area contributed by atoms with Crippen LogP contribution in [-0.4, -0.2) is 28.5 Å². The Morgan fingerprint density at radius 3 is 2.64 bits per heavy atom. The Balaban J connectivity index is 2.77. The molecular formula is C17H28N2O2S. The van der Waals surface area contributed by atoms with E-state index < -0.39 is 5.54 Å². The van der Waals surface area contributed by atoms with Gasteiger partial charge in [-0.1, -0.05) is 32.9 Å². The predicted octanol–water partition coefficient (Wildman–Crippen LogP) is 3.92. The lowest BCUT2D eigenvalue weighted by Crippen LogP contribution is -2.50. The first-order chi connectivity index (χ1) is 10.3. The van der Waals surface area contributed by atoms with Crippen LogP contribution in [0.5, 0.6) is 0 Å². The van der Waals surface area contributed by atoms with E-state index in [-0.39, 0.29) is 12.6 Å². The molecule has 0 aromatic heterocycles. The molecule has 0 bridgehead atoms. The minimum Gasteiger partial charge on any atom is -0.394 e. The predicted molar refractivity (Wildman–Crippen MR) is 95.5 cm³/mol. The van der Waals surface area contributed by atoms with Crippen molar-refractivity contribution in [3.05, 3.63) is 29.3 Å². The third-order valence-electron chi connectivity index (χ3n) is 3.81. The summed E-state index contributed by atoms with van der Waals surface area (Å²) in [6.07, 6.45) is 0.668. The van der Waals surface area contributed by atoms with Crippen molar-refractivity contribution in [2.75, 3.05) is 11.9 Å². The Labute approximate surface area is 138 Å². The zero-order valence-corrected chi connectivity index (χ0v) is 15.0. The first-order valence-electron chi connectivity index (χ1n) is 7.71. The average Bonchev–Trinajstić information content (AvgIpc) is 2.47. The number of carbonyl (C=O) groups is 1. The topological polar surface area (TPSA) is 61.4 Å². The number of aliphatic hydroxyl groups excluding tert-OH is 1. The highest BCUT2D eigenvalue weighted by Crippen LogP contribution is 2.25. The molecule has 5 heteroatoms. The summed E-state index contributed by atoms with van der Waals surface area (Å²) in [5.41, 5.74) is 2.55. The van der Waals surface area contributed by atoms with Gasteiger partial charge < -0.3 is 15.7 Å². The molecule has 2 amide bonds. The summed E-state index contributed by atoms with van der Waals surface area (Å²) in [5.74, 6) is 0.934. The van der Waals surface area contributed by atoms with Crippen molar-refractivity contribution < 1.29 is 9.90 Å². The molecule has 1 unspecified atom stereocenters. The second-order valence-electron chi connectivity index (χ2n) is 6.10. The number of hydrogen-bond acceptors (Lipinski definition) is 3. The molecule has 1 aromatic rings. The van der Waals surface area contributed by atoms with E-state index in [4.69, 9.17) is 0 Å². The maximum absolute atomic E-state index is 12.1. The van der Waals surface area contributed by atoms with E-state index in [1.807, 2.05) is 44.7 Å². The largest absolute Gasteiger partial charge is 0.394 e. The highest BCUT2D eigenvalue weighted by molar-refractivity contribution is 7.99. The van der Waals surface area contributed by atoms with Crippen LogP contribution in [0.25, 0.3) is 0 Å². The fraction of sp³-hybridized carbons (Fsp3) is 0.588. The van der Waals surface area contributed by atoms with Crippen molar-refractivity contribution in [2.45, 2.75) is 57.6 Å². The average molecular weight is 324 g/mol. The van der Waals surface area contributed by atoms with Crippen LogP contribution in [0.2, 0.25) is 0 Å². The summed E-state index contributed by atoms with van der Waals surface area (Å²) in [6, 6.07) is 5.68. The van der Waals surface area contributed by atoms with Gasteiger partial charge in [-0.05, 0) is 42.7 Å². The molecule has 4 nitrogen and oxygen atoms in total. The van der Waals surface area contributed by atoms with Crippen LogP contribution in [0.4, 0.5) is 10.5 Å². The van der Waals surface area contributed by atoms with Gasteiger partial charge in [-0.15, -0.1) is 0 Å². The SMILES string of the molecule is CCC(C)(CO)NC(=O)Nc1cccc(CSC(C)C)c1C. The molecule has 3 N–H and O–H groups in total. The van der Waals surface area contributed by atoms with Crippen molar-refractivity contribution in [1.82, 2.24) is 5.32 Å².